The highest BCUT2D eigenvalue weighted by Gasteiger charge is 2.20. The van der Waals surface area contributed by atoms with Crippen molar-refractivity contribution >= 4 is 0 Å². The molecule has 0 bridgehead atoms. The molecule has 0 saturated heterocycles. The molecule has 1 aliphatic carbocycles. The summed E-state index contributed by atoms with van der Waals surface area (Å²) in [4.78, 5) is 0. The SMILES string of the molecule is NC(CCCNCCOCC1CC1)c1ccccc1. The van der Waals surface area contributed by atoms with Gasteiger partial charge in [-0.15, -0.1) is 0 Å². The zero-order chi connectivity index (χ0) is 13.3. The second-order valence-electron chi connectivity index (χ2n) is 5.43. The first-order chi connectivity index (χ1) is 9.36. The molecule has 1 aromatic rings. The second-order valence-corrected chi connectivity index (χ2v) is 5.43. The number of nitrogens with one attached hydrogen (secondary N) is 1. The Balaban J connectivity index is 1.43. The van der Waals surface area contributed by atoms with Gasteiger partial charge in [0.25, 0.3) is 0 Å². The third-order valence-corrected chi connectivity index (χ3v) is 3.57. The molecule has 0 aliphatic heterocycles. The van der Waals surface area contributed by atoms with Crippen molar-refractivity contribution in [1.82, 2.24) is 5.32 Å². The van der Waals surface area contributed by atoms with Gasteiger partial charge in [-0.1, -0.05) is 30.3 Å². The molecular formula is C16H26N2O. The van der Waals surface area contributed by atoms with E-state index in [1.807, 2.05) is 18.2 Å². The number of ether oxygens (including phenoxy) is 1. The molecule has 0 radical (unpaired) electrons. The largest absolute Gasteiger partial charge is 0.380 e. The van der Waals surface area contributed by atoms with Crippen LogP contribution in [0.4, 0.5) is 0 Å². The molecule has 0 heterocycles. The molecule has 0 amide bonds. The van der Waals surface area contributed by atoms with Crippen LogP contribution in [0.15, 0.2) is 30.3 Å². The molecule has 1 unspecified atom stereocenters. The molecule has 1 aromatic carbocycles. The summed E-state index contributed by atoms with van der Waals surface area (Å²) >= 11 is 0. The van der Waals surface area contributed by atoms with Crippen LogP contribution in [-0.2, 0) is 4.74 Å². The van der Waals surface area contributed by atoms with Crippen LogP contribution in [0.2, 0.25) is 0 Å². The van der Waals surface area contributed by atoms with E-state index in [9.17, 15) is 0 Å². The average molecular weight is 262 g/mol. The zero-order valence-electron chi connectivity index (χ0n) is 11.7. The maximum Gasteiger partial charge on any atom is 0.0591 e. The number of rotatable bonds is 10. The Morgan fingerprint density at radius 1 is 1.21 bits per heavy atom. The Labute approximate surface area is 116 Å². The molecule has 3 N–H and O–H groups in total. The normalized spacial score (nSPS) is 16.5. The molecule has 1 fully saturated rings. The summed E-state index contributed by atoms with van der Waals surface area (Å²) in [6.45, 7) is 3.77. The van der Waals surface area contributed by atoms with Crippen LogP contribution in [-0.4, -0.2) is 26.3 Å². The zero-order valence-corrected chi connectivity index (χ0v) is 11.7. The van der Waals surface area contributed by atoms with Crippen molar-refractivity contribution in [2.75, 3.05) is 26.3 Å². The first-order valence-corrected chi connectivity index (χ1v) is 7.45. The minimum atomic E-state index is 0.161. The van der Waals surface area contributed by atoms with Crippen molar-refractivity contribution in [3.63, 3.8) is 0 Å². The fraction of sp³-hybridized carbons (Fsp3) is 0.625. The topological polar surface area (TPSA) is 47.3 Å². The molecule has 1 saturated carbocycles. The molecule has 2 rings (SSSR count). The van der Waals surface area contributed by atoms with Gasteiger partial charge in [-0.25, -0.2) is 0 Å². The predicted molar refractivity (Wildman–Crippen MR) is 79.0 cm³/mol. The van der Waals surface area contributed by atoms with E-state index < -0.39 is 0 Å². The van der Waals surface area contributed by atoms with E-state index in [1.54, 1.807) is 0 Å². The van der Waals surface area contributed by atoms with E-state index in [1.165, 1.54) is 18.4 Å². The van der Waals surface area contributed by atoms with Crippen LogP contribution >= 0.6 is 0 Å². The Morgan fingerprint density at radius 2 is 2.00 bits per heavy atom. The van der Waals surface area contributed by atoms with Crippen LogP contribution in [0.3, 0.4) is 0 Å². The Kier molecular flexibility index (Phi) is 6.34. The maximum absolute atomic E-state index is 6.15. The number of nitrogens with two attached hydrogens (primary N) is 1. The van der Waals surface area contributed by atoms with Gasteiger partial charge in [0.05, 0.1) is 6.61 Å². The third-order valence-electron chi connectivity index (χ3n) is 3.57. The molecule has 0 aromatic heterocycles. The van der Waals surface area contributed by atoms with E-state index in [2.05, 4.69) is 17.4 Å². The molecule has 1 aliphatic rings. The highest BCUT2D eigenvalue weighted by molar-refractivity contribution is 5.18. The fourth-order valence-corrected chi connectivity index (χ4v) is 2.12. The lowest BCUT2D eigenvalue weighted by Crippen LogP contribution is -2.22. The molecular weight excluding hydrogens is 236 g/mol. The number of hydrogen-bond acceptors (Lipinski definition) is 3. The van der Waals surface area contributed by atoms with E-state index in [0.717, 1.165) is 45.1 Å². The van der Waals surface area contributed by atoms with Gasteiger partial charge in [0.15, 0.2) is 0 Å². The van der Waals surface area contributed by atoms with Gasteiger partial charge in [-0.3, -0.25) is 0 Å². The Bertz CT molecular complexity index is 338. The molecule has 19 heavy (non-hydrogen) atoms. The molecule has 106 valence electrons. The van der Waals surface area contributed by atoms with Crippen molar-refractivity contribution < 1.29 is 4.74 Å². The van der Waals surface area contributed by atoms with E-state index in [0.29, 0.717) is 0 Å². The van der Waals surface area contributed by atoms with Gasteiger partial charge in [0.2, 0.25) is 0 Å². The first-order valence-electron chi connectivity index (χ1n) is 7.45. The lowest BCUT2D eigenvalue weighted by molar-refractivity contribution is 0.126. The van der Waals surface area contributed by atoms with Gasteiger partial charge in [-0.2, -0.15) is 0 Å². The average Bonchev–Trinajstić information content (AvgIpc) is 3.26. The summed E-state index contributed by atoms with van der Waals surface area (Å²) in [6.07, 6.45) is 4.87. The van der Waals surface area contributed by atoms with Crippen LogP contribution in [0.1, 0.15) is 37.3 Å². The Hall–Kier alpha value is -0.900. The second kappa shape index (κ2) is 8.31. The summed E-state index contributed by atoms with van der Waals surface area (Å²) in [5, 5.41) is 3.41. The van der Waals surface area contributed by atoms with Crippen LogP contribution in [0, 0.1) is 5.92 Å². The van der Waals surface area contributed by atoms with Gasteiger partial charge in [-0.05, 0) is 43.7 Å². The lowest BCUT2D eigenvalue weighted by Gasteiger charge is -2.12. The standard InChI is InChI=1S/C16H26N2O/c17-16(15-5-2-1-3-6-15)7-4-10-18-11-12-19-13-14-8-9-14/h1-3,5-6,14,16,18H,4,7-13,17H2. The molecule has 1 atom stereocenters. The predicted octanol–water partition coefficient (Wildman–Crippen LogP) is 2.48. The monoisotopic (exact) mass is 262 g/mol. The highest BCUT2D eigenvalue weighted by atomic mass is 16.5. The van der Waals surface area contributed by atoms with E-state index in [4.69, 9.17) is 10.5 Å². The lowest BCUT2D eigenvalue weighted by atomic mass is 10.0. The fourth-order valence-electron chi connectivity index (χ4n) is 2.12. The minimum Gasteiger partial charge on any atom is -0.380 e. The van der Waals surface area contributed by atoms with Gasteiger partial charge in [0.1, 0.15) is 0 Å². The number of hydrogen-bond donors (Lipinski definition) is 2. The van der Waals surface area contributed by atoms with Crippen molar-refractivity contribution in [1.29, 1.82) is 0 Å². The maximum atomic E-state index is 6.15. The smallest absolute Gasteiger partial charge is 0.0591 e. The first kappa shape index (κ1) is 14.5. The van der Waals surface area contributed by atoms with Gasteiger partial charge in [0, 0.05) is 19.2 Å². The third kappa shape index (κ3) is 6.19. The minimum absolute atomic E-state index is 0.161. The summed E-state index contributed by atoms with van der Waals surface area (Å²) < 4.78 is 5.57. The number of benzene rings is 1. The van der Waals surface area contributed by atoms with Crippen molar-refractivity contribution in [3.8, 4) is 0 Å². The molecule has 0 spiro atoms. The van der Waals surface area contributed by atoms with Crippen molar-refractivity contribution in [2.24, 2.45) is 11.7 Å². The van der Waals surface area contributed by atoms with E-state index >= 15 is 0 Å². The van der Waals surface area contributed by atoms with Crippen molar-refractivity contribution in [3.05, 3.63) is 35.9 Å². The highest BCUT2D eigenvalue weighted by Crippen LogP contribution is 2.28. The molecule has 3 heteroatoms. The van der Waals surface area contributed by atoms with Crippen LogP contribution in [0.5, 0.6) is 0 Å². The van der Waals surface area contributed by atoms with E-state index in [-0.39, 0.29) is 6.04 Å². The molecule has 3 nitrogen and oxygen atoms in total. The van der Waals surface area contributed by atoms with Gasteiger partial charge < -0.3 is 15.8 Å². The summed E-state index contributed by atoms with van der Waals surface area (Å²) in [5.74, 6) is 0.865. The summed E-state index contributed by atoms with van der Waals surface area (Å²) in [7, 11) is 0. The quantitative estimate of drug-likeness (QED) is 0.637. The van der Waals surface area contributed by atoms with Crippen LogP contribution < -0.4 is 11.1 Å². The van der Waals surface area contributed by atoms with Crippen LogP contribution in [0.25, 0.3) is 0 Å². The summed E-state index contributed by atoms with van der Waals surface area (Å²) in [5.41, 5.74) is 7.38. The van der Waals surface area contributed by atoms with Crippen molar-refractivity contribution in [2.45, 2.75) is 31.7 Å². The Morgan fingerprint density at radius 3 is 2.74 bits per heavy atom. The summed E-state index contributed by atoms with van der Waals surface area (Å²) in [6, 6.07) is 10.5. The van der Waals surface area contributed by atoms with Gasteiger partial charge >= 0.3 is 0 Å².